The van der Waals surface area contributed by atoms with Crippen LogP contribution in [0.15, 0.2) is 54.6 Å². The Balaban J connectivity index is 1.51. The third-order valence-electron chi connectivity index (χ3n) is 5.67. The average Bonchev–Trinajstić information content (AvgIpc) is 2.60. The Labute approximate surface area is 150 Å². The number of nitrogens with zero attached hydrogens (tertiary/aromatic N) is 1. The fourth-order valence-corrected chi connectivity index (χ4v) is 3.92. The molecule has 2 aromatic carbocycles. The zero-order valence-electron chi connectivity index (χ0n) is 14.7. The quantitative estimate of drug-likeness (QED) is 0.899. The molecule has 0 spiro atoms. The van der Waals surface area contributed by atoms with Crippen molar-refractivity contribution < 1.29 is 4.79 Å². The summed E-state index contributed by atoms with van der Waals surface area (Å²) in [4.78, 5) is 14.7. The van der Waals surface area contributed by atoms with Crippen LogP contribution in [0.1, 0.15) is 36.8 Å². The number of carbonyl (C=O) groups is 1. The molecule has 0 bridgehead atoms. The summed E-state index contributed by atoms with van der Waals surface area (Å²) in [6.45, 7) is 1.64. The van der Waals surface area contributed by atoms with Gasteiger partial charge in [0, 0.05) is 30.7 Å². The van der Waals surface area contributed by atoms with E-state index in [0.29, 0.717) is 6.04 Å². The van der Waals surface area contributed by atoms with E-state index < -0.39 is 0 Å². The minimum Gasteiger partial charge on any atom is -0.362 e. The molecule has 1 amide bonds. The van der Waals surface area contributed by atoms with Crippen LogP contribution in [-0.4, -0.2) is 18.5 Å². The standard InChI is InChI=1S/C22H26N2O/c25-22(19-10-6-11-19)23-15-20-14-13-18-9-4-5-12-21(18)24(20)16-17-7-2-1-3-8-17/h1-5,7-9,12,19-20H,6,10-11,13-16H2,(H,23,25). The predicted molar refractivity (Wildman–Crippen MR) is 102 cm³/mol. The molecule has 1 aliphatic carbocycles. The van der Waals surface area contributed by atoms with E-state index >= 15 is 0 Å². The smallest absolute Gasteiger partial charge is 0.223 e. The Morgan fingerprint density at radius 2 is 1.76 bits per heavy atom. The summed E-state index contributed by atoms with van der Waals surface area (Å²) in [5.41, 5.74) is 4.05. The van der Waals surface area contributed by atoms with Gasteiger partial charge in [-0.2, -0.15) is 0 Å². The molecule has 1 N–H and O–H groups in total. The van der Waals surface area contributed by atoms with Gasteiger partial charge in [-0.25, -0.2) is 0 Å². The van der Waals surface area contributed by atoms with E-state index in [9.17, 15) is 4.79 Å². The predicted octanol–water partition coefficient (Wildman–Crippen LogP) is 3.92. The van der Waals surface area contributed by atoms with Gasteiger partial charge in [0.25, 0.3) is 0 Å². The molecule has 1 aliphatic heterocycles. The minimum atomic E-state index is 0.254. The molecule has 2 aromatic rings. The lowest BCUT2D eigenvalue weighted by Crippen LogP contribution is -2.48. The summed E-state index contributed by atoms with van der Waals surface area (Å²) < 4.78 is 0. The summed E-state index contributed by atoms with van der Waals surface area (Å²) in [5, 5.41) is 3.22. The number of aryl methyl sites for hydroxylation is 1. The maximum absolute atomic E-state index is 12.2. The first kappa shape index (κ1) is 16.2. The Morgan fingerprint density at radius 1 is 1.00 bits per heavy atom. The van der Waals surface area contributed by atoms with Crippen LogP contribution in [0.5, 0.6) is 0 Å². The molecule has 0 saturated heterocycles. The molecular formula is C22H26N2O. The van der Waals surface area contributed by atoms with Crippen molar-refractivity contribution in [1.29, 1.82) is 0 Å². The van der Waals surface area contributed by atoms with Crippen molar-refractivity contribution in [2.75, 3.05) is 11.4 Å². The van der Waals surface area contributed by atoms with Gasteiger partial charge in [-0.3, -0.25) is 4.79 Å². The van der Waals surface area contributed by atoms with Gasteiger partial charge in [-0.15, -0.1) is 0 Å². The van der Waals surface area contributed by atoms with Gasteiger partial charge < -0.3 is 10.2 Å². The lowest BCUT2D eigenvalue weighted by molar-refractivity contribution is -0.127. The monoisotopic (exact) mass is 334 g/mol. The van der Waals surface area contributed by atoms with Gasteiger partial charge in [0.1, 0.15) is 0 Å². The molecule has 4 rings (SSSR count). The first-order chi connectivity index (χ1) is 12.3. The highest BCUT2D eigenvalue weighted by atomic mass is 16.1. The number of nitrogens with one attached hydrogen (secondary N) is 1. The lowest BCUT2D eigenvalue weighted by Gasteiger charge is -2.39. The van der Waals surface area contributed by atoms with Crippen LogP contribution < -0.4 is 10.2 Å². The van der Waals surface area contributed by atoms with Crippen LogP contribution in [0, 0.1) is 5.92 Å². The third-order valence-corrected chi connectivity index (χ3v) is 5.67. The van der Waals surface area contributed by atoms with Gasteiger partial charge in [0.2, 0.25) is 5.91 Å². The zero-order valence-corrected chi connectivity index (χ0v) is 14.7. The number of anilines is 1. The van der Waals surface area contributed by atoms with Crippen LogP contribution >= 0.6 is 0 Å². The van der Waals surface area contributed by atoms with Crippen LogP contribution in [0.3, 0.4) is 0 Å². The van der Waals surface area contributed by atoms with Crippen LogP contribution in [0.4, 0.5) is 5.69 Å². The molecule has 0 radical (unpaired) electrons. The molecule has 1 fully saturated rings. The van der Waals surface area contributed by atoms with Crippen molar-refractivity contribution >= 4 is 11.6 Å². The van der Waals surface area contributed by atoms with Gasteiger partial charge >= 0.3 is 0 Å². The summed E-state index contributed by atoms with van der Waals surface area (Å²) in [6, 6.07) is 19.7. The van der Waals surface area contributed by atoms with Gasteiger partial charge in [-0.1, -0.05) is 55.0 Å². The number of hydrogen-bond acceptors (Lipinski definition) is 2. The van der Waals surface area contributed by atoms with Crippen molar-refractivity contribution in [3.8, 4) is 0 Å². The van der Waals surface area contributed by atoms with Gasteiger partial charge in [0.15, 0.2) is 0 Å². The fourth-order valence-electron chi connectivity index (χ4n) is 3.92. The lowest BCUT2D eigenvalue weighted by atomic mass is 9.84. The number of amides is 1. The van der Waals surface area contributed by atoms with Crippen molar-refractivity contribution in [3.05, 3.63) is 65.7 Å². The molecule has 25 heavy (non-hydrogen) atoms. The highest BCUT2D eigenvalue weighted by Gasteiger charge is 2.29. The fraction of sp³-hybridized carbons (Fsp3) is 0.409. The number of para-hydroxylation sites is 1. The Bertz CT molecular complexity index is 724. The maximum atomic E-state index is 12.2. The second-order valence-electron chi connectivity index (χ2n) is 7.31. The van der Waals surface area contributed by atoms with E-state index in [0.717, 1.165) is 38.8 Å². The largest absolute Gasteiger partial charge is 0.362 e. The summed E-state index contributed by atoms with van der Waals surface area (Å²) in [5.74, 6) is 0.517. The Morgan fingerprint density at radius 3 is 2.52 bits per heavy atom. The topological polar surface area (TPSA) is 32.3 Å². The molecule has 1 saturated carbocycles. The molecule has 2 aliphatic rings. The Kier molecular flexibility index (Phi) is 4.73. The van der Waals surface area contributed by atoms with Crippen molar-refractivity contribution in [2.24, 2.45) is 5.92 Å². The Hall–Kier alpha value is -2.29. The summed E-state index contributed by atoms with van der Waals surface area (Å²) in [6.07, 6.45) is 5.51. The van der Waals surface area contributed by atoms with Crippen LogP contribution in [-0.2, 0) is 17.8 Å². The van der Waals surface area contributed by atoms with E-state index in [1.165, 1.54) is 23.2 Å². The number of hydrogen-bond donors (Lipinski definition) is 1. The number of benzene rings is 2. The van der Waals surface area contributed by atoms with E-state index in [1.807, 2.05) is 0 Å². The van der Waals surface area contributed by atoms with E-state index in [-0.39, 0.29) is 11.8 Å². The van der Waals surface area contributed by atoms with Crippen molar-refractivity contribution in [3.63, 3.8) is 0 Å². The molecular weight excluding hydrogens is 308 g/mol. The van der Waals surface area contributed by atoms with E-state index in [1.54, 1.807) is 0 Å². The first-order valence-electron chi connectivity index (χ1n) is 9.47. The second kappa shape index (κ2) is 7.30. The van der Waals surface area contributed by atoms with Crippen LogP contribution in [0.25, 0.3) is 0 Å². The van der Waals surface area contributed by atoms with Crippen LogP contribution in [0.2, 0.25) is 0 Å². The molecule has 130 valence electrons. The van der Waals surface area contributed by atoms with Gasteiger partial charge in [-0.05, 0) is 42.9 Å². The molecule has 0 aromatic heterocycles. The van der Waals surface area contributed by atoms with Crippen molar-refractivity contribution in [1.82, 2.24) is 5.32 Å². The number of fused-ring (bicyclic) bond motifs is 1. The van der Waals surface area contributed by atoms with Crippen molar-refractivity contribution in [2.45, 2.75) is 44.7 Å². The highest BCUT2D eigenvalue weighted by molar-refractivity contribution is 5.79. The molecule has 1 unspecified atom stereocenters. The average molecular weight is 334 g/mol. The first-order valence-corrected chi connectivity index (χ1v) is 9.47. The summed E-state index contributed by atoms with van der Waals surface area (Å²) >= 11 is 0. The number of rotatable bonds is 5. The zero-order chi connectivity index (χ0) is 17.1. The maximum Gasteiger partial charge on any atom is 0.223 e. The van der Waals surface area contributed by atoms with Gasteiger partial charge in [0.05, 0.1) is 0 Å². The molecule has 1 atom stereocenters. The molecule has 3 heteroatoms. The molecule has 3 nitrogen and oxygen atoms in total. The normalized spacial score (nSPS) is 19.8. The van der Waals surface area contributed by atoms with E-state index in [4.69, 9.17) is 0 Å². The minimum absolute atomic E-state index is 0.254. The van der Waals surface area contributed by atoms with E-state index in [2.05, 4.69) is 64.8 Å². The third kappa shape index (κ3) is 3.55. The summed E-state index contributed by atoms with van der Waals surface area (Å²) in [7, 11) is 0. The highest BCUT2D eigenvalue weighted by Crippen LogP contribution is 2.32. The molecule has 1 heterocycles. The SMILES string of the molecule is O=C(NCC1CCc2ccccc2N1Cc1ccccc1)C1CCC1. The number of carbonyl (C=O) groups excluding carboxylic acids is 1. The second-order valence-corrected chi connectivity index (χ2v) is 7.31.